The number of carbonyl (C=O) groups is 4. The number of nitrogens with zero attached hydrogens (tertiary/aromatic N) is 3. The fourth-order valence-electron chi connectivity index (χ4n) is 7.45. The van der Waals surface area contributed by atoms with Crippen LogP contribution in [0.5, 0.6) is 11.5 Å². The maximum absolute atomic E-state index is 13.3. The number of aryl methyl sites for hydroxylation is 1. The fourth-order valence-corrected chi connectivity index (χ4v) is 8.37. The molecule has 2 aliphatic rings. The quantitative estimate of drug-likeness (QED) is 0.0503. The molecule has 3 aromatic carbocycles. The van der Waals surface area contributed by atoms with Crippen LogP contribution in [0.2, 0.25) is 0 Å². The van der Waals surface area contributed by atoms with Crippen LogP contribution in [0.25, 0.3) is 22.0 Å². The van der Waals surface area contributed by atoms with Crippen LogP contribution < -0.4 is 30.7 Å². The van der Waals surface area contributed by atoms with Crippen LogP contribution in [0.15, 0.2) is 66.0 Å². The number of fused-ring (bicyclic) bond motifs is 2. The second kappa shape index (κ2) is 20.7. The molecule has 4 amide bonds. The van der Waals surface area contributed by atoms with Gasteiger partial charge < -0.3 is 39.6 Å². The number of methoxy groups -OCH3 is 1. The molecule has 5 aromatic rings. The third kappa shape index (κ3) is 10.2. The summed E-state index contributed by atoms with van der Waals surface area (Å²) in [7, 11) is 3.56. The highest BCUT2D eigenvalue weighted by Gasteiger charge is 2.45. The maximum Gasteiger partial charge on any atom is 0.264 e. The molecule has 7 rings (SSSR count). The topological polar surface area (TPSA) is 192 Å². The molecule has 16 nitrogen and oxygen atoms in total. The second-order valence-corrected chi connectivity index (χ2v) is 15.7. The summed E-state index contributed by atoms with van der Waals surface area (Å²) < 4.78 is 28.8. The van der Waals surface area contributed by atoms with E-state index in [9.17, 15) is 19.2 Å². The Balaban J connectivity index is 0.805. The largest absolute Gasteiger partial charge is 0.493 e. The van der Waals surface area contributed by atoms with Crippen molar-refractivity contribution in [2.45, 2.75) is 45.3 Å². The van der Waals surface area contributed by atoms with E-state index in [1.165, 1.54) is 21.6 Å². The van der Waals surface area contributed by atoms with E-state index < -0.39 is 29.7 Å². The van der Waals surface area contributed by atoms with Gasteiger partial charge in [0.25, 0.3) is 11.8 Å². The number of benzene rings is 3. The number of imide groups is 2. The number of carbonyl (C=O) groups excluding carboxylic acids is 4. The number of rotatable bonds is 22. The summed E-state index contributed by atoms with van der Waals surface area (Å²) >= 11 is 1.72. The van der Waals surface area contributed by atoms with Gasteiger partial charge in [0.15, 0.2) is 11.5 Å². The van der Waals surface area contributed by atoms with Gasteiger partial charge in [-0.15, -0.1) is 11.3 Å². The number of ether oxygens (including phenoxy) is 5. The number of anilines is 2. The lowest BCUT2D eigenvalue weighted by atomic mass is 10.0. The molecule has 2 aliphatic heterocycles. The van der Waals surface area contributed by atoms with Crippen molar-refractivity contribution in [2.75, 3.05) is 77.6 Å². The van der Waals surface area contributed by atoms with Crippen LogP contribution in [0, 0.1) is 6.92 Å². The average Bonchev–Trinajstić information content (AvgIpc) is 3.85. The van der Waals surface area contributed by atoms with E-state index in [2.05, 4.69) is 68.9 Å². The van der Waals surface area contributed by atoms with Gasteiger partial charge in [-0.2, -0.15) is 0 Å². The van der Waals surface area contributed by atoms with Gasteiger partial charge in [0, 0.05) is 41.5 Å². The Morgan fingerprint density at radius 2 is 1.61 bits per heavy atom. The summed E-state index contributed by atoms with van der Waals surface area (Å²) in [5, 5.41) is 15.3. The molecule has 326 valence electrons. The Hall–Kier alpha value is -5.98. The summed E-state index contributed by atoms with van der Waals surface area (Å²) in [6, 6.07) is 18.3. The molecule has 2 atom stereocenters. The summed E-state index contributed by atoms with van der Waals surface area (Å²) in [4.78, 5) is 61.8. The molecule has 2 aromatic heterocycles. The molecule has 62 heavy (non-hydrogen) atoms. The van der Waals surface area contributed by atoms with E-state index in [1.807, 2.05) is 26.1 Å². The van der Waals surface area contributed by atoms with Crippen molar-refractivity contribution in [3.05, 3.63) is 93.4 Å². The van der Waals surface area contributed by atoms with Crippen molar-refractivity contribution in [1.29, 1.82) is 0 Å². The lowest BCUT2D eigenvalue weighted by Gasteiger charge is -2.27. The van der Waals surface area contributed by atoms with Gasteiger partial charge in [0.1, 0.15) is 24.3 Å². The third-order valence-electron chi connectivity index (χ3n) is 10.4. The molecule has 1 saturated heterocycles. The smallest absolute Gasteiger partial charge is 0.264 e. The predicted octanol–water partition coefficient (Wildman–Crippen LogP) is 5.51. The molecule has 4 heterocycles. The van der Waals surface area contributed by atoms with E-state index in [1.54, 1.807) is 36.6 Å². The van der Waals surface area contributed by atoms with E-state index in [-0.39, 0.29) is 30.0 Å². The lowest BCUT2D eigenvalue weighted by Crippen LogP contribution is -2.54. The number of nitrogens with one attached hydrogen (secondary N) is 4. The first-order valence-electron chi connectivity index (χ1n) is 20.6. The fraction of sp³-hybridized carbons (Fsp3) is 0.378. The van der Waals surface area contributed by atoms with Crippen molar-refractivity contribution in [3.63, 3.8) is 0 Å². The number of thiophene rings is 1. The van der Waals surface area contributed by atoms with Gasteiger partial charge in [-0.3, -0.25) is 29.4 Å². The average molecular weight is 866 g/mol. The minimum Gasteiger partial charge on any atom is -0.493 e. The normalized spacial score (nSPS) is 15.5. The van der Waals surface area contributed by atoms with Crippen molar-refractivity contribution in [3.8, 4) is 22.6 Å². The van der Waals surface area contributed by atoms with Gasteiger partial charge in [-0.1, -0.05) is 30.3 Å². The number of piperidine rings is 1. The highest BCUT2D eigenvalue weighted by atomic mass is 32.1. The van der Waals surface area contributed by atoms with Gasteiger partial charge in [-0.25, -0.2) is 9.97 Å². The Morgan fingerprint density at radius 3 is 2.37 bits per heavy atom. The summed E-state index contributed by atoms with van der Waals surface area (Å²) in [5.41, 5.74) is 5.29. The Bertz CT molecular complexity index is 2420. The number of hydrogen-bond donors (Lipinski definition) is 4. The monoisotopic (exact) mass is 865 g/mol. The minimum absolute atomic E-state index is 0.00457. The summed E-state index contributed by atoms with van der Waals surface area (Å²) in [6.45, 7) is 7.57. The number of amides is 4. The van der Waals surface area contributed by atoms with Gasteiger partial charge in [-0.05, 0) is 73.7 Å². The Morgan fingerprint density at radius 1 is 0.871 bits per heavy atom. The highest BCUT2D eigenvalue weighted by Crippen LogP contribution is 2.37. The SMILES string of the molecule is CNCc1ccccc1-c1csc([C@@H](C)Nc2nc(C)nc3cc(OCCOCCOCCOCCNc4cccc5c4C(=O)N(C4CCC(=O)NC4=O)C5=O)c(OC)cc23)c1. The van der Waals surface area contributed by atoms with E-state index in [0.29, 0.717) is 81.6 Å². The summed E-state index contributed by atoms with van der Waals surface area (Å²) in [5.74, 6) is 0.282. The first-order valence-corrected chi connectivity index (χ1v) is 21.4. The van der Waals surface area contributed by atoms with Crippen LogP contribution in [-0.4, -0.2) is 111 Å². The minimum atomic E-state index is -1.02. The zero-order valence-electron chi connectivity index (χ0n) is 35.2. The third-order valence-corrected chi connectivity index (χ3v) is 11.6. The van der Waals surface area contributed by atoms with Crippen molar-refractivity contribution in [2.24, 2.45) is 0 Å². The van der Waals surface area contributed by atoms with Crippen LogP contribution in [0.1, 0.15) is 62.8 Å². The van der Waals surface area contributed by atoms with Gasteiger partial charge in [0.05, 0.1) is 69.4 Å². The molecule has 4 N–H and O–H groups in total. The van der Waals surface area contributed by atoms with Crippen LogP contribution in [-0.2, 0) is 30.3 Å². The molecule has 1 unspecified atom stereocenters. The molecule has 0 saturated carbocycles. The summed E-state index contributed by atoms with van der Waals surface area (Å²) in [6.07, 6.45) is 0.157. The molecular formula is C45H51N7O9S. The maximum atomic E-state index is 13.3. The first kappa shape index (κ1) is 44.1. The van der Waals surface area contributed by atoms with Crippen LogP contribution in [0.4, 0.5) is 11.5 Å². The first-order chi connectivity index (χ1) is 30.2. The van der Waals surface area contributed by atoms with E-state index >= 15 is 0 Å². The second-order valence-electron chi connectivity index (χ2n) is 14.7. The van der Waals surface area contributed by atoms with Crippen molar-refractivity contribution < 1.29 is 42.9 Å². The molecule has 0 spiro atoms. The molecule has 0 bridgehead atoms. The van der Waals surface area contributed by atoms with Crippen molar-refractivity contribution in [1.82, 2.24) is 25.5 Å². The van der Waals surface area contributed by atoms with Crippen LogP contribution in [0.3, 0.4) is 0 Å². The van der Waals surface area contributed by atoms with Gasteiger partial charge >= 0.3 is 0 Å². The zero-order chi connectivity index (χ0) is 43.6. The Labute approximate surface area is 363 Å². The highest BCUT2D eigenvalue weighted by molar-refractivity contribution is 7.10. The van der Waals surface area contributed by atoms with E-state index in [0.717, 1.165) is 22.3 Å². The molecule has 1 fully saturated rings. The standard InChI is InChI=1S/C45H51N7O9S/c1-27(39-22-30(26-62-39)31-9-6-5-8-29(31)25-46-3)48-42-33-23-37(57-4)38(24-35(33)49-28(2)50-42)61-21-20-60-19-18-59-17-16-58-15-14-47-34-11-7-10-32-41(34)45(56)52(44(32)55)36-12-13-40(53)51-43(36)54/h5-11,22-24,26-27,36,46-47H,12-21,25H2,1-4H3,(H,48,49,50)(H,51,53,54)/t27-,36?/m1/s1. The zero-order valence-corrected chi connectivity index (χ0v) is 36.0. The predicted molar refractivity (Wildman–Crippen MR) is 235 cm³/mol. The lowest BCUT2D eigenvalue weighted by molar-refractivity contribution is -0.136. The molecule has 0 aliphatic carbocycles. The van der Waals surface area contributed by atoms with E-state index in [4.69, 9.17) is 28.7 Å². The number of aromatic nitrogens is 2. The Kier molecular flexibility index (Phi) is 14.7. The van der Waals surface area contributed by atoms with Crippen LogP contribution >= 0.6 is 11.3 Å². The molecule has 17 heteroatoms. The number of hydrogen-bond acceptors (Lipinski definition) is 15. The van der Waals surface area contributed by atoms with Crippen molar-refractivity contribution >= 4 is 57.4 Å². The molecular weight excluding hydrogens is 815 g/mol. The molecule has 0 radical (unpaired) electrons. The van der Waals surface area contributed by atoms with Gasteiger partial charge in [0.2, 0.25) is 11.8 Å².